The van der Waals surface area contributed by atoms with Gasteiger partial charge in [0, 0.05) is 30.0 Å². The Morgan fingerprint density at radius 1 is 1.21 bits per heavy atom. The van der Waals surface area contributed by atoms with E-state index in [1.807, 2.05) is 19.1 Å². The van der Waals surface area contributed by atoms with E-state index in [0.717, 1.165) is 5.56 Å². The molecule has 0 bridgehead atoms. The summed E-state index contributed by atoms with van der Waals surface area (Å²) in [4.78, 5) is 8.77. The van der Waals surface area contributed by atoms with Crippen LogP contribution in [0.4, 0.5) is 17.5 Å². The number of aliphatic hydroxyl groups is 1. The highest BCUT2D eigenvalue weighted by molar-refractivity contribution is 9.10. The Balaban J connectivity index is 1.81. The van der Waals surface area contributed by atoms with Crippen LogP contribution in [0.3, 0.4) is 0 Å². The van der Waals surface area contributed by atoms with Gasteiger partial charge in [-0.25, -0.2) is 18.1 Å². The highest BCUT2D eigenvalue weighted by Gasteiger charge is 2.18. The number of anilines is 3. The van der Waals surface area contributed by atoms with E-state index < -0.39 is 10.0 Å². The molecule has 9 nitrogen and oxygen atoms in total. The molecule has 1 aromatic heterocycles. The molecule has 0 saturated carbocycles. The van der Waals surface area contributed by atoms with Crippen molar-refractivity contribution in [1.82, 2.24) is 14.7 Å². The summed E-state index contributed by atoms with van der Waals surface area (Å²) < 4.78 is 34.6. The normalized spacial score (nSPS) is 12.3. The number of ether oxygens (including phenoxy) is 1. The average molecular weight is 536 g/mol. The van der Waals surface area contributed by atoms with Crippen molar-refractivity contribution in [3.8, 4) is 5.75 Å². The van der Waals surface area contributed by atoms with Crippen LogP contribution in [0.25, 0.3) is 0 Å². The van der Waals surface area contributed by atoms with Crippen LogP contribution in [-0.4, -0.2) is 43.3 Å². The number of nitrogens with zero attached hydrogens (tertiary/aromatic N) is 2. The summed E-state index contributed by atoms with van der Waals surface area (Å²) in [7, 11) is -2.25. The molecule has 0 aliphatic carbocycles. The van der Waals surface area contributed by atoms with Crippen LogP contribution in [0.15, 0.2) is 58.0 Å². The van der Waals surface area contributed by atoms with E-state index in [9.17, 15) is 13.5 Å². The summed E-state index contributed by atoms with van der Waals surface area (Å²) >= 11 is 3.37. The van der Waals surface area contributed by atoms with E-state index in [1.165, 1.54) is 6.07 Å². The quantitative estimate of drug-likeness (QED) is 0.310. The molecule has 0 spiro atoms. The van der Waals surface area contributed by atoms with Gasteiger partial charge in [-0.05, 0) is 53.5 Å². The number of para-hydroxylation sites is 1. The van der Waals surface area contributed by atoms with E-state index in [4.69, 9.17) is 4.74 Å². The van der Waals surface area contributed by atoms with Crippen LogP contribution in [-0.2, 0) is 16.6 Å². The predicted molar refractivity (Wildman–Crippen MR) is 131 cm³/mol. The Morgan fingerprint density at radius 3 is 2.70 bits per heavy atom. The monoisotopic (exact) mass is 535 g/mol. The molecule has 1 atom stereocenters. The second-order valence-electron chi connectivity index (χ2n) is 7.36. The van der Waals surface area contributed by atoms with Crippen molar-refractivity contribution in [2.24, 2.45) is 0 Å². The Labute approximate surface area is 201 Å². The van der Waals surface area contributed by atoms with E-state index >= 15 is 0 Å². The number of nitrogens with one attached hydrogen (secondary N) is 3. The zero-order valence-electron chi connectivity index (χ0n) is 18.5. The molecule has 2 aromatic carbocycles. The van der Waals surface area contributed by atoms with Crippen molar-refractivity contribution in [2.75, 3.05) is 24.4 Å². The molecule has 0 amide bonds. The summed E-state index contributed by atoms with van der Waals surface area (Å²) in [5.74, 6) is 1.40. The fraction of sp³-hybridized carbons (Fsp3) is 0.273. The molecule has 0 aliphatic heterocycles. The minimum atomic E-state index is -3.80. The van der Waals surface area contributed by atoms with Gasteiger partial charge in [0.05, 0.1) is 23.1 Å². The lowest BCUT2D eigenvalue weighted by Crippen LogP contribution is -2.24. The van der Waals surface area contributed by atoms with Gasteiger partial charge < -0.3 is 20.5 Å². The van der Waals surface area contributed by atoms with Gasteiger partial charge in [-0.1, -0.05) is 24.3 Å². The predicted octanol–water partition coefficient (Wildman–Crippen LogP) is 3.57. The Kier molecular flexibility index (Phi) is 8.25. The molecule has 1 heterocycles. The molecule has 0 aliphatic rings. The maximum atomic E-state index is 13.0. The number of aryl methyl sites for hydroxylation is 1. The molecule has 0 radical (unpaired) electrons. The van der Waals surface area contributed by atoms with Gasteiger partial charge in [0.15, 0.2) is 0 Å². The zero-order chi connectivity index (χ0) is 24.0. The highest BCUT2D eigenvalue weighted by Crippen LogP contribution is 2.26. The summed E-state index contributed by atoms with van der Waals surface area (Å²) in [5.41, 5.74) is 1.85. The number of benzene rings is 2. The third-order valence-corrected chi connectivity index (χ3v) is 6.90. The summed E-state index contributed by atoms with van der Waals surface area (Å²) in [6.45, 7) is 3.59. The van der Waals surface area contributed by atoms with Crippen molar-refractivity contribution >= 4 is 43.4 Å². The largest absolute Gasteiger partial charge is 0.496 e. The van der Waals surface area contributed by atoms with Crippen LogP contribution in [0.2, 0.25) is 0 Å². The number of hydrogen-bond donors (Lipinski definition) is 4. The van der Waals surface area contributed by atoms with E-state index in [1.54, 1.807) is 44.5 Å². The summed E-state index contributed by atoms with van der Waals surface area (Å²) in [6.07, 6.45) is 1.57. The second kappa shape index (κ2) is 10.9. The topological polar surface area (TPSA) is 125 Å². The first kappa shape index (κ1) is 24.9. The van der Waals surface area contributed by atoms with Gasteiger partial charge in [0.25, 0.3) is 0 Å². The Bertz CT molecular complexity index is 1220. The molecule has 0 unspecified atom stereocenters. The number of aromatic nitrogens is 2. The molecular formula is C22H26BrN5O4S. The number of aliphatic hydroxyl groups excluding tert-OH is 1. The first-order valence-corrected chi connectivity index (χ1v) is 12.4. The van der Waals surface area contributed by atoms with Crippen LogP contribution >= 0.6 is 15.9 Å². The lowest BCUT2D eigenvalue weighted by molar-refractivity contribution is 0.281. The lowest BCUT2D eigenvalue weighted by atomic mass is 10.2. The van der Waals surface area contributed by atoms with E-state index in [-0.39, 0.29) is 30.0 Å². The van der Waals surface area contributed by atoms with Gasteiger partial charge in [-0.3, -0.25) is 0 Å². The van der Waals surface area contributed by atoms with Crippen LogP contribution in [0.5, 0.6) is 5.75 Å². The maximum absolute atomic E-state index is 13.0. The summed E-state index contributed by atoms with van der Waals surface area (Å²) in [5, 5.41) is 15.4. The van der Waals surface area contributed by atoms with Gasteiger partial charge in [0.2, 0.25) is 16.0 Å². The first-order valence-electron chi connectivity index (χ1n) is 10.1. The molecule has 4 N–H and O–H groups in total. The molecule has 0 fully saturated rings. The van der Waals surface area contributed by atoms with E-state index in [0.29, 0.717) is 27.3 Å². The molecule has 3 aromatic rings. The Morgan fingerprint density at radius 2 is 1.97 bits per heavy atom. The van der Waals surface area contributed by atoms with Gasteiger partial charge >= 0.3 is 0 Å². The minimum absolute atomic E-state index is 0.0553. The molecule has 176 valence electrons. The molecular weight excluding hydrogens is 510 g/mol. The lowest BCUT2D eigenvalue weighted by Gasteiger charge is -2.15. The molecule has 33 heavy (non-hydrogen) atoms. The van der Waals surface area contributed by atoms with Gasteiger partial charge in [-0.2, -0.15) is 4.98 Å². The van der Waals surface area contributed by atoms with Crippen LogP contribution in [0, 0.1) is 6.92 Å². The average Bonchev–Trinajstić information content (AvgIpc) is 2.81. The SMILES string of the molecule is COc1ccccc1CNS(=O)(=O)c1cc(Nc2ncc(Br)c(N[C@H](C)CO)n2)ccc1C. The van der Waals surface area contributed by atoms with Crippen molar-refractivity contribution in [3.63, 3.8) is 0 Å². The second-order valence-corrected chi connectivity index (χ2v) is 9.95. The third-order valence-electron chi connectivity index (χ3n) is 4.78. The minimum Gasteiger partial charge on any atom is -0.496 e. The number of rotatable bonds is 10. The van der Waals surface area contributed by atoms with Crippen LogP contribution in [0.1, 0.15) is 18.1 Å². The fourth-order valence-corrected chi connectivity index (χ4v) is 4.58. The summed E-state index contributed by atoms with van der Waals surface area (Å²) in [6, 6.07) is 12.0. The number of halogens is 1. The number of hydrogen-bond acceptors (Lipinski definition) is 8. The molecule has 11 heteroatoms. The maximum Gasteiger partial charge on any atom is 0.241 e. The molecule has 3 rings (SSSR count). The van der Waals surface area contributed by atoms with Crippen molar-refractivity contribution < 1.29 is 18.3 Å². The smallest absolute Gasteiger partial charge is 0.241 e. The third kappa shape index (κ3) is 6.41. The van der Waals surface area contributed by atoms with E-state index in [2.05, 4.69) is 41.3 Å². The van der Waals surface area contributed by atoms with Gasteiger partial charge in [-0.15, -0.1) is 0 Å². The van der Waals surface area contributed by atoms with Crippen molar-refractivity contribution in [1.29, 1.82) is 0 Å². The molecule has 0 saturated heterocycles. The fourth-order valence-electron chi connectivity index (χ4n) is 3.00. The van der Waals surface area contributed by atoms with Crippen molar-refractivity contribution in [3.05, 3.63) is 64.3 Å². The van der Waals surface area contributed by atoms with Gasteiger partial charge in [0.1, 0.15) is 11.6 Å². The number of methoxy groups -OCH3 is 1. The van der Waals surface area contributed by atoms with Crippen LogP contribution < -0.4 is 20.1 Å². The standard InChI is InChI=1S/C22H26BrN5O4S/c1-14-8-9-17(27-22-24-12-18(23)21(28-22)26-15(2)13-29)10-20(14)33(30,31)25-11-16-6-4-5-7-19(16)32-3/h4-10,12,15,25,29H,11,13H2,1-3H3,(H2,24,26,27,28)/t15-/m1/s1. The highest BCUT2D eigenvalue weighted by atomic mass is 79.9. The zero-order valence-corrected chi connectivity index (χ0v) is 20.9. The Hall–Kier alpha value is -2.73. The van der Waals surface area contributed by atoms with Crippen molar-refractivity contribution in [2.45, 2.75) is 31.3 Å². The first-order chi connectivity index (χ1) is 15.7. The number of sulfonamides is 1.